The van der Waals surface area contributed by atoms with Gasteiger partial charge in [-0.15, -0.1) is 10.2 Å². The van der Waals surface area contributed by atoms with Crippen LogP contribution in [0.15, 0.2) is 42.9 Å². The van der Waals surface area contributed by atoms with Crippen molar-refractivity contribution >= 4 is 5.91 Å². The zero-order valence-corrected chi connectivity index (χ0v) is 14.8. The van der Waals surface area contributed by atoms with Crippen molar-refractivity contribution in [3.05, 3.63) is 59.8 Å². The molecule has 1 atom stereocenters. The molecule has 4 rings (SSSR count). The van der Waals surface area contributed by atoms with Crippen molar-refractivity contribution < 1.29 is 18.0 Å². The molecule has 0 saturated carbocycles. The highest BCUT2D eigenvalue weighted by atomic mass is 19.4. The Morgan fingerprint density at radius 3 is 2.68 bits per heavy atom. The second kappa shape index (κ2) is 6.70. The molecule has 0 bridgehead atoms. The monoisotopic (exact) mass is 388 g/mol. The largest absolute Gasteiger partial charge is 0.416 e. The summed E-state index contributed by atoms with van der Waals surface area (Å²) in [6.45, 7) is 2.28. The van der Waals surface area contributed by atoms with Gasteiger partial charge in [-0.1, -0.05) is 12.1 Å². The number of fused-ring (bicyclic) bond motifs is 1. The number of rotatable bonds is 3. The Kier molecular flexibility index (Phi) is 4.33. The fraction of sp³-hybridized carbons (Fsp3) is 0.278. The highest BCUT2D eigenvalue weighted by Crippen LogP contribution is 2.30. The maximum atomic E-state index is 12.9. The molecule has 2 aromatic heterocycles. The average molecular weight is 388 g/mol. The van der Waals surface area contributed by atoms with Crippen molar-refractivity contribution in [2.24, 2.45) is 0 Å². The van der Waals surface area contributed by atoms with Crippen molar-refractivity contribution in [2.45, 2.75) is 32.2 Å². The van der Waals surface area contributed by atoms with Gasteiger partial charge >= 0.3 is 6.18 Å². The van der Waals surface area contributed by atoms with Crippen LogP contribution in [0.4, 0.5) is 13.2 Å². The predicted octanol–water partition coefficient (Wildman–Crippen LogP) is 2.80. The molecule has 0 saturated heterocycles. The first kappa shape index (κ1) is 18.1. The second-order valence-corrected chi connectivity index (χ2v) is 6.53. The van der Waals surface area contributed by atoms with Gasteiger partial charge in [0.15, 0.2) is 5.82 Å². The molecule has 1 aliphatic rings. The number of amides is 1. The number of benzene rings is 1. The SMILES string of the molecule is CC1Cn2c(nnc2-c2cnccn2)C(=O)N1Cc1cccc(C(F)(F)F)c1. The summed E-state index contributed by atoms with van der Waals surface area (Å²) in [5.74, 6) is 0.173. The molecule has 0 spiro atoms. The summed E-state index contributed by atoms with van der Waals surface area (Å²) in [6, 6.07) is 4.71. The molecule has 28 heavy (non-hydrogen) atoms. The zero-order chi connectivity index (χ0) is 19.9. The second-order valence-electron chi connectivity index (χ2n) is 6.53. The van der Waals surface area contributed by atoms with Gasteiger partial charge in [-0.05, 0) is 24.6 Å². The van der Waals surface area contributed by atoms with E-state index in [1.54, 1.807) is 10.6 Å². The first-order valence-electron chi connectivity index (χ1n) is 8.51. The van der Waals surface area contributed by atoms with E-state index in [-0.39, 0.29) is 24.3 Å². The van der Waals surface area contributed by atoms with Gasteiger partial charge in [-0.2, -0.15) is 13.2 Å². The van der Waals surface area contributed by atoms with E-state index in [9.17, 15) is 18.0 Å². The quantitative estimate of drug-likeness (QED) is 0.690. The fourth-order valence-corrected chi connectivity index (χ4v) is 3.20. The molecule has 1 unspecified atom stereocenters. The highest BCUT2D eigenvalue weighted by molar-refractivity contribution is 5.92. The molecule has 0 fully saturated rings. The molecule has 3 heterocycles. The van der Waals surface area contributed by atoms with Gasteiger partial charge in [0, 0.05) is 31.5 Å². The maximum Gasteiger partial charge on any atom is 0.416 e. The molecule has 10 heteroatoms. The molecule has 144 valence electrons. The lowest BCUT2D eigenvalue weighted by molar-refractivity contribution is -0.137. The molecule has 0 radical (unpaired) electrons. The van der Waals surface area contributed by atoms with E-state index in [1.165, 1.54) is 29.6 Å². The van der Waals surface area contributed by atoms with Gasteiger partial charge in [-0.3, -0.25) is 14.3 Å². The van der Waals surface area contributed by atoms with E-state index in [4.69, 9.17) is 0 Å². The predicted molar refractivity (Wildman–Crippen MR) is 91.8 cm³/mol. The first-order valence-corrected chi connectivity index (χ1v) is 8.51. The average Bonchev–Trinajstić information content (AvgIpc) is 3.09. The Balaban J connectivity index is 1.63. The van der Waals surface area contributed by atoms with Crippen LogP contribution in [0.5, 0.6) is 0 Å². The molecular formula is C18H15F3N6O. The topological polar surface area (TPSA) is 76.8 Å². The fourth-order valence-electron chi connectivity index (χ4n) is 3.20. The summed E-state index contributed by atoms with van der Waals surface area (Å²) in [6.07, 6.45) is 0.146. The summed E-state index contributed by atoms with van der Waals surface area (Å²) < 4.78 is 40.5. The summed E-state index contributed by atoms with van der Waals surface area (Å²) in [4.78, 5) is 22.6. The Morgan fingerprint density at radius 2 is 1.96 bits per heavy atom. The number of halogens is 3. The Labute approximate surface area is 157 Å². The van der Waals surface area contributed by atoms with Crippen LogP contribution in [-0.4, -0.2) is 41.6 Å². The normalized spacial score (nSPS) is 16.9. The number of carbonyl (C=O) groups is 1. The number of nitrogens with zero attached hydrogens (tertiary/aromatic N) is 6. The van der Waals surface area contributed by atoms with Gasteiger partial charge in [0.25, 0.3) is 5.91 Å². The van der Waals surface area contributed by atoms with Crippen molar-refractivity contribution in [3.8, 4) is 11.5 Å². The van der Waals surface area contributed by atoms with Crippen LogP contribution in [0.25, 0.3) is 11.5 Å². The van der Waals surface area contributed by atoms with Crippen LogP contribution < -0.4 is 0 Å². The number of carbonyl (C=O) groups excluding carboxylic acids is 1. The van der Waals surface area contributed by atoms with Crippen LogP contribution in [0.2, 0.25) is 0 Å². The van der Waals surface area contributed by atoms with Crippen LogP contribution in [0.3, 0.4) is 0 Å². The lowest BCUT2D eigenvalue weighted by Gasteiger charge is -2.34. The number of hydrogen-bond donors (Lipinski definition) is 0. The molecule has 1 amide bonds. The van der Waals surface area contributed by atoms with Crippen LogP contribution in [-0.2, 0) is 19.3 Å². The van der Waals surface area contributed by atoms with Crippen molar-refractivity contribution in [1.82, 2.24) is 29.6 Å². The summed E-state index contributed by atoms with van der Waals surface area (Å²) >= 11 is 0. The van der Waals surface area contributed by atoms with E-state index < -0.39 is 11.7 Å². The van der Waals surface area contributed by atoms with E-state index in [0.717, 1.165) is 12.1 Å². The number of aromatic nitrogens is 5. The first-order chi connectivity index (χ1) is 13.3. The van der Waals surface area contributed by atoms with Crippen molar-refractivity contribution in [1.29, 1.82) is 0 Å². The summed E-state index contributed by atoms with van der Waals surface area (Å²) in [7, 11) is 0. The van der Waals surface area contributed by atoms with Crippen LogP contribution >= 0.6 is 0 Å². The minimum absolute atomic E-state index is 0.0528. The van der Waals surface area contributed by atoms with E-state index >= 15 is 0 Å². The van der Waals surface area contributed by atoms with Gasteiger partial charge in [0.2, 0.25) is 5.82 Å². The molecule has 0 aliphatic carbocycles. The third-order valence-electron chi connectivity index (χ3n) is 4.58. The maximum absolute atomic E-state index is 12.9. The Hall–Kier alpha value is -3.30. The number of hydrogen-bond acceptors (Lipinski definition) is 5. The third kappa shape index (κ3) is 3.21. The van der Waals surface area contributed by atoms with Gasteiger partial charge in [0.05, 0.1) is 11.8 Å². The third-order valence-corrected chi connectivity index (χ3v) is 4.58. The zero-order valence-electron chi connectivity index (χ0n) is 14.8. The van der Waals surface area contributed by atoms with Crippen LogP contribution in [0, 0.1) is 0 Å². The lowest BCUT2D eigenvalue weighted by atomic mass is 10.1. The molecule has 1 aliphatic heterocycles. The standard InChI is InChI=1S/C18H15F3N6O/c1-11-9-27-15(14-8-22-5-6-23-14)24-25-16(27)17(28)26(11)10-12-3-2-4-13(7-12)18(19,20)21/h2-8,11H,9-10H2,1H3. The summed E-state index contributed by atoms with van der Waals surface area (Å²) in [5, 5.41) is 8.03. The van der Waals surface area contributed by atoms with Crippen LogP contribution in [0.1, 0.15) is 28.7 Å². The minimum Gasteiger partial charge on any atom is -0.327 e. The van der Waals surface area contributed by atoms with Gasteiger partial charge in [0.1, 0.15) is 5.69 Å². The van der Waals surface area contributed by atoms with E-state index in [2.05, 4.69) is 20.2 Å². The van der Waals surface area contributed by atoms with Crippen molar-refractivity contribution in [3.63, 3.8) is 0 Å². The highest BCUT2D eigenvalue weighted by Gasteiger charge is 2.35. The molecule has 1 aromatic carbocycles. The van der Waals surface area contributed by atoms with Gasteiger partial charge in [-0.25, -0.2) is 4.98 Å². The van der Waals surface area contributed by atoms with E-state index in [0.29, 0.717) is 23.6 Å². The van der Waals surface area contributed by atoms with Gasteiger partial charge < -0.3 is 4.90 Å². The Bertz CT molecular complexity index is 1020. The molecular weight excluding hydrogens is 373 g/mol. The minimum atomic E-state index is -4.43. The Morgan fingerprint density at radius 1 is 1.18 bits per heavy atom. The molecule has 7 nitrogen and oxygen atoms in total. The van der Waals surface area contributed by atoms with Crippen molar-refractivity contribution in [2.75, 3.05) is 0 Å². The van der Waals surface area contributed by atoms with E-state index in [1.807, 2.05) is 6.92 Å². The lowest BCUT2D eigenvalue weighted by Crippen LogP contribution is -2.46. The summed E-state index contributed by atoms with van der Waals surface area (Å²) in [5.41, 5.74) is 0.153. The molecule has 0 N–H and O–H groups in total. The number of alkyl halides is 3. The smallest absolute Gasteiger partial charge is 0.327 e. The molecule has 3 aromatic rings.